The second-order valence-corrected chi connectivity index (χ2v) is 4.25. The minimum atomic E-state index is -0.428. The molecule has 0 radical (unpaired) electrons. The Morgan fingerprint density at radius 3 is 2.50 bits per heavy atom. The van der Waals surface area contributed by atoms with E-state index in [0.717, 1.165) is 5.56 Å². The second kappa shape index (κ2) is 6.07. The molecule has 0 aliphatic carbocycles. The van der Waals surface area contributed by atoms with E-state index in [0.29, 0.717) is 10.0 Å². The third-order valence-corrected chi connectivity index (χ3v) is 3.21. The zero-order valence-electron chi connectivity index (χ0n) is 8.53. The van der Waals surface area contributed by atoms with Crippen LogP contribution in [0.1, 0.15) is 11.5 Å². The van der Waals surface area contributed by atoms with Gasteiger partial charge in [-0.3, -0.25) is 0 Å². The molecule has 0 bridgehead atoms. The minimum Gasteiger partial charge on any atom is -0.396 e. The number of nitrogens with two attached hydrogens (primary N) is 1. The summed E-state index contributed by atoms with van der Waals surface area (Å²) >= 11 is 11.7. The maximum atomic E-state index is 9.29. The number of benzene rings is 1. The lowest BCUT2D eigenvalue weighted by atomic mass is 9.87. The van der Waals surface area contributed by atoms with Crippen molar-refractivity contribution in [3.05, 3.63) is 33.8 Å². The van der Waals surface area contributed by atoms with Gasteiger partial charge in [0.05, 0.1) is 28.6 Å². The van der Waals surface area contributed by atoms with Gasteiger partial charge in [0.2, 0.25) is 0 Å². The number of aliphatic hydroxyl groups excluding tert-OH is 1. The van der Waals surface area contributed by atoms with Crippen LogP contribution in [0.4, 0.5) is 0 Å². The van der Waals surface area contributed by atoms with Gasteiger partial charge in [-0.2, -0.15) is 5.26 Å². The highest BCUT2D eigenvalue weighted by Gasteiger charge is 2.21. The van der Waals surface area contributed by atoms with Gasteiger partial charge < -0.3 is 10.8 Å². The summed E-state index contributed by atoms with van der Waals surface area (Å²) in [5, 5.41) is 19.1. The van der Waals surface area contributed by atoms with Gasteiger partial charge in [0.1, 0.15) is 0 Å². The molecule has 0 spiro atoms. The molecule has 1 aromatic rings. The number of aliphatic hydroxyl groups is 1. The number of hydrogen-bond donors (Lipinski definition) is 2. The Morgan fingerprint density at radius 1 is 1.38 bits per heavy atom. The molecule has 3 nitrogen and oxygen atoms in total. The summed E-state index contributed by atoms with van der Waals surface area (Å²) in [6.45, 7) is 0.0510. The summed E-state index contributed by atoms with van der Waals surface area (Å²) in [6, 6.07) is 7.12. The van der Waals surface area contributed by atoms with Gasteiger partial charge in [0.25, 0.3) is 0 Å². The Morgan fingerprint density at radius 2 is 2.06 bits per heavy atom. The molecule has 0 heterocycles. The van der Waals surface area contributed by atoms with E-state index in [1.54, 1.807) is 18.2 Å². The summed E-state index contributed by atoms with van der Waals surface area (Å²) < 4.78 is 0. The van der Waals surface area contributed by atoms with Crippen LogP contribution in [0.3, 0.4) is 0 Å². The molecule has 2 unspecified atom stereocenters. The number of halogens is 2. The van der Waals surface area contributed by atoms with E-state index in [1.165, 1.54) is 0 Å². The molecule has 3 N–H and O–H groups in total. The van der Waals surface area contributed by atoms with Crippen LogP contribution in [0.15, 0.2) is 18.2 Å². The van der Waals surface area contributed by atoms with Crippen molar-refractivity contribution >= 4 is 23.2 Å². The van der Waals surface area contributed by atoms with Gasteiger partial charge in [-0.15, -0.1) is 0 Å². The Hall–Kier alpha value is -0.790. The Labute approximate surface area is 104 Å². The van der Waals surface area contributed by atoms with E-state index in [2.05, 4.69) is 6.07 Å². The molecule has 5 heteroatoms. The van der Waals surface area contributed by atoms with E-state index in [1.807, 2.05) is 0 Å². The first-order valence-electron chi connectivity index (χ1n) is 4.79. The fourth-order valence-electron chi connectivity index (χ4n) is 1.51. The van der Waals surface area contributed by atoms with Crippen molar-refractivity contribution < 1.29 is 5.11 Å². The number of nitriles is 1. The van der Waals surface area contributed by atoms with Crippen LogP contribution in [0.2, 0.25) is 10.0 Å². The van der Waals surface area contributed by atoms with Gasteiger partial charge >= 0.3 is 0 Å². The summed E-state index contributed by atoms with van der Waals surface area (Å²) in [5.41, 5.74) is 6.24. The van der Waals surface area contributed by atoms with Gasteiger partial charge in [0, 0.05) is 12.5 Å². The molecule has 16 heavy (non-hydrogen) atoms. The van der Waals surface area contributed by atoms with Crippen LogP contribution in [-0.4, -0.2) is 18.3 Å². The van der Waals surface area contributed by atoms with E-state index in [9.17, 15) is 5.11 Å². The third kappa shape index (κ3) is 2.87. The van der Waals surface area contributed by atoms with Crippen molar-refractivity contribution in [1.29, 1.82) is 5.26 Å². The lowest BCUT2D eigenvalue weighted by Crippen LogP contribution is -2.23. The molecule has 0 fully saturated rings. The predicted molar refractivity (Wildman–Crippen MR) is 64.4 cm³/mol. The molecule has 0 aliphatic rings. The summed E-state index contributed by atoms with van der Waals surface area (Å²) in [6.07, 6.45) is 0. The highest BCUT2D eigenvalue weighted by atomic mass is 35.5. The van der Waals surface area contributed by atoms with Crippen molar-refractivity contribution in [3.8, 4) is 6.07 Å². The molecule has 0 amide bonds. The molecule has 1 rings (SSSR count). The summed E-state index contributed by atoms with van der Waals surface area (Å²) in [4.78, 5) is 0. The van der Waals surface area contributed by atoms with E-state index < -0.39 is 5.92 Å². The minimum absolute atomic E-state index is 0.145. The van der Waals surface area contributed by atoms with E-state index in [-0.39, 0.29) is 19.1 Å². The zero-order valence-corrected chi connectivity index (χ0v) is 10.0. The zero-order chi connectivity index (χ0) is 12.1. The van der Waals surface area contributed by atoms with Gasteiger partial charge in [0.15, 0.2) is 0 Å². The standard InChI is InChI=1S/C11H12Cl2N2O/c12-10-2-1-7(3-11(10)13)9(6-16)8(4-14)5-15/h1-3,8-9,16H,4,6,14H2. The number of hydrogen-bond acceptors (Lipinski definition) is 3. The first kappa shape index (κ1) is 13.3. The van der Waals surface area contributed by atoms with Crippen molar-refractivity contribution in [1.82, 2.24) is 0 Å². The summed E-state index contributed by atoms with van der Waals surface area (Å²) in [5.74, 6) is -0.757. The highest BCUT2D eigenvalue weighted by Crippen LogP contribution is 2.29. The topological polar surface area (TPSA) is 70.0 Å². The van der Waals surface area contributed by atoms with Gasteiger partial charge in [-0.1, -0.05) is 29.3 Å². The molecular formula is C11H12Cl2N2O. The fourth-order valence-corrected chi connectivity index (χ4v) is 1.82. The highest BCUT2D eigenvalue weighted by molar-refractivity contribution is 6.42. The lowest BCUT2D eigenvalue weighted by molar-refractivity contribution is 0.244. The molecule has 0 saturated carbocycles. The maximum Gasteiger partial charge on any atom is 0.0676 e. The Kier molecular flexibility index (Phi) is 5.04. The maximum absolute atomic E-state index is 9.29. The lowest BCUT2D eigenvalue weighted by Gasteiger charge is -2.19. The third-order valence-electron chi connectivity index (χ3n) is 2.47. The number of nitrogens with zero attached hydrogens (tertiary/aromatic N) is 1. The van der Waals surface area contributed by atoms with Crippen LogP contribution < -0.4 is 5.73 Å². The van der Waals surface area contributed by atoms with Crippen LogP contribution in [-0.2, 0) is 0 Å². The molecule has 0 aliphatic heterocycles. The molecule has 0 saturated heterocycles. The predicted octanol–water partition coefficient (Wildman–Crippen LogP) is 2.17. The van der Waals surface area contributed by atoms with Gasteiger partial charge in [-0.25, -0.2) is 0 Å². The van der Waals surface area contributed by atoms with Crippen LogP contribution in [0, 0.1) is 17.2 Å². The quantitative estimate of drug-likeness (QED) is 0.870. The molecule has 2 atom stereocenters. The average molecular weight is 259 g/mol. The van der Waals surface area contributed by atoms with Gasteiger partial charge in [-0.05, 0) is 17.7 Å². The molecule has 0 aromatic heterocycles. The largest absolute Gasteiger partial charge is 0.396 e. The van der Waals surface area contributed by atoms with E-state index >= 15 is 0 Å². The molecule has 1 aromatic carbocycles. The fraction of sp³-hybridized carbons (Fsp3) is 0.364. The van der Waals surface area contributed by atoms with Crippen molar-refractivity contribution in [3.63, 3.8) is 0 Å². The van der Waals surface area contributed by atoms with Crippen LogP contribution in [0.5, 0.6) is 0 Å². The summed E-state index contributed by atoms with van der Waals surface area (Å²) in [7, 11) is 0. The normalized spacial score (nSPS) is 14.2. The molecule has 86 valence electrons. The van der Waals surface area contributed by atoms with Crippen LogP contribution in [0.25, 0.3) is 0 Å². The first-order chi connectivity index (χ1) is 7.63. The Balaban J connectivity index is 3.04. The van der Waals surface area contributed by atoms with Crippen molar-refractivity contribution in [2.75, 3.05) is 13.2 Å². The van der Waals surface area contributed by atoms with Crippen LogP contribution >= 0.6 is 23.2 Å². The average Bonchev–Trinajstić information content (AvgIpc) is 2.29. The van der Waals surface area contributed by atoms with Crippen molar-refractivity contribution in [2.24, 2.45) is 11.7 Å². The molecular weight excluding hydrogens is 247 g/mol. The van der Waals surface area contributed by atoms with E-state index in [4.69, 9.17) is 34.2 Å². The first-order valence-corrected chi connectivity index (χ1v) is 5.55. The Bertz CT molecular complexity index is 403. The number of rotatable bonds is 4. The second-order valence-electron chi connectivity index (χ2n) is 3.43. The van der Waals surface area contributed by atoms with Crippen molar-refractivity contribution in [2.45, 2.75) is 5.92 Å². The smallest absolute Gasteiger partial charge is 0.0676 e. The SMILES string of the molecule is N#CC(CN)C(CO)c1ccc(Cl)c(Cl)c1. The monoisotopic (exact) mass is 258 g/mol.